The van der Waals surface area contributed by atoms with Crippen molar-refractivity contribution in [2.75, 3.05) is 22.7 Å². The number of benzene rings is 1. The van der Waals surface area contributed by atoms with Crippen LogP contribution in [0.15, 0.2) is 36.4 Å². The maximum absolute atomic E-state index is 12.0. The third-order valence-electron chi connectivity index (χ3n) is 4.73. The molecule has 25 heavy (non-hydrogen) atoms. The van der Waals surface area contributed by atoms with Crippen molar-refractivity contribution in [2.24, 2.45) is 0 Å². The average Bonchev–Trinajstić information content (AvgIpc) is 3.49. The minimum absolute atomic E-state index is 0.222. The summed E-state index contributed by atoms with van der Waals surface area (Å²) in [7, 11) is -3.22. The van der Waals surface area contributed by atoms with Crippen molar-refractivity contribution >= 4 is 21.5 Å². The van der Waals surface area contributed by atoms with Gasteiger partial charge in [0, 0.05) is 24.3 Å². The fourth-order valence-corrected chi connectivity index (χ4v) is 4.49. The summed E-state index contributed by atoms with van der Waals surface area (Å²) in [6, 6.07) is 11.3. The molecule has 1 saturated heterocycles. The Kier molecular flexibility index (Phi) is 4.33. The largest absolute Gasteiger partial charge is 0.355 e. The second kappa shape index (κ2) is 6.63. The molecule has 2 fully saturated rings. The van der Waals surface area contributed by atoms with E-state index in [2.05, 4.69) is 19.8 Å². The van der Waals surface area contributed by atoms with Crippen molar-refractivity contribution in [3.63, 3.8) is 0 Å². The fourth-order valence-electron chi connectivity index (χ4n) is 3.11. The van der Waals surface area contributed by atoms with E-state index >= 15 is 0 Å². The zero-order chi connectivity index (χ0) is 17.3. The van der Waals surface area contributed by atoms with Crippen LogP contribution < -0.4 is 9.62 Å². The van der Waals surface area contributed by atoms with E-state index < -0.39 is 10.0 Å². The molecule has 7 heteroatoms. The van der Waals surface area contributed by atoms with Crippen LogP contribution in [0.2, 0.25) is 0 Å². The molecule has 2 aromatic rings. The van der Waals surface area contributed by atoms with E-state index in [1.165, 1.54) is 19.3 Å². The van der Waals surface area contributed by atoms with E-state index in [-0.39, 0.29) is 5.25 Å². The van der Waals surface area contributed by atoms with Gasteiger partial charge in [0.15, 0.2) is 5.82 Å². The molecule has 6 nitrogen and oxygen atoms in total. The Morgan fingerprint density at radius 1 is 0.920 bits per heavy atom. The molecule has 1 N–H and O–H groups in total. The Bertz CT molecular complexity index is 824. The van der Waals surface area contributed by atoms with Gasteiger partial charge in [0.25, 0.3) is 0 Å². The lowest BCUT2D eigenvalue weighted by molar-refractivity contribution is 0.571. The monoisotopic (exact) mass is 358 g/mol. The maximum Gasteiger partial charge on any atom is 0.235 e. The molecule has 132 valence electrons. The SMILES string of the molecule is O=S(=O)(Nc1ccc(-c2ccc(N3CCCCC3)nn2)cc1)C1CC1. The first kappa shape index (κ1) is 16.3. The Hall–Kier alpha value is -2.15. The number of nitrogens with one attached hydrogen (secondary N) is 1. The first-order chi connectivity index (χ1) is 12.1. The molecule has 1 aliphatic carbocycles. The van der Waals surface area contributed by atoms with Crippen LogP contribution in [-0.4, -0.2) is 37.0 Å². The molecule has 1 aromatic carbocycles. The van der Waals surface area contributed by atoms with Crippen LogP contribution in [0.3, 0.4) is 0 Å². The van der Waals surface area contributed by atoms with E-state index in [4.69, 9.17) is 0 Å². The lowest BCUT2D eigenvalue weighted by atomic mass is 10.1. The van der Waals surface area contributed by atoms with Crippen LogP contribution in [0.4, 0.5) is 11.5 Å². The molecule has 0 amide bonds. The van der Waals surface area contributed by atoms with Gasteiger partial charge in [0.2, 0.25) is 10.0 Å². The molecule has 0 unspecified atom stereocenters. The molecule has 2 heterocycles. The summed E-state index contributed by atoms with van der Waals surface area (Å²) < 4.78 is 26.6. The second-order valence-electron chi connectivity index (χ2n) is 6.75. The van der Waals surface area contributed by atoms with Gasteiger partial charge in [0.05, 0.1) is 10.9 Å². The van der Waals surface area contributed by atoms with Crippen molar-refractivity contribution in [3.05, 3.63) is 36.4 Å². The third-order valence-corrected chi connectivity index (χ3v) is 6.60. The average molecular weight is 358 g/mol. The Morgan fingerprint density at radius 3 is 2.24 bits per heavy atom. The summed E-state index contributed by atoms with van der Waals surface area (Å²) in [4.78, 5) is 2.27. The van der Waals surface area contributed by atoms with Crippen LogP contribution in [0.1, 0.15) is 32.1 Å². The van der Waals surface area contributed by atoms with Gasteiger partial charge < -0.3 is 4.90 Å². The van der Waals surface area contributed by atoms with Gasteiger partial charge in [0.1, 0.15) is 0 Å². The molecule has 1 aliphatic heterocycles. The highest BCUT2D eigenvalue weighted by Crippen LogP contribution is 2.30. The van der Waals surface area contributed by atoms with Crippen molar-refractivity contribution in [1.82, 2.24) is 10.2 Å². The number of hydrogen-bond acceptors (Lipinski definition) is 5. The topological polar surface area (TPSA) is 75.2 Å². The zero-order valence-corrected chi connectivity index (χ0v) is 14.9. The van der Waals surface area contributed by atoms with Crippen molar-refractivity contribution in [1.29, 1.82) is 0 Å². The highest BCUT2D eigenvalue weighted by atomic mass is 32.2. The number of anilines is 2. The summed E-state index contributed by atoms with van der Waals surface area (Å²) in [6.07, 6.45) is 5.22. The van der Waals surface area contributed by atoms with E-state index in [1.807, 2.05) is 24.3 Å². The normalized spacial score (nSPS) is 18.2. The second-order valence-corrected chi connectivity index (χ2v) is 8.71. The van der Waals surface area contributed by atoms with Gasteiger partial charge in [-0.3, -0.25) is 4.72 Å². The van der Waals surface area contributed by atoms with E-state index in [0.717, 1.165) is 43.0 Å². The summed E-state index contributed by atoms with van der Waals surface area (Å²) in [5.41, 5.74) is 2.30. The minimum Gasteiger partial charge on any atom is -0.355 e. The standard InChI is InChI=1S/C18H22N4O2S/c23-25(24,16-8-9-16)21-15-6-4-14(5-7-15)17-10-11-18(20-19-17)22-12-2-1-3-13-22/h4-7,10-11,16,21H,1-3,8-9,12-13H2. The van der Waals surface area contributed by atoms with Crippen LogP contribution in [0.25, 0.3) is 11.3 Å². The summed E-state index contributed by atoms with van der Waals surface area (Å²) >= 11 is 0. The van der Waals surface area contributed by atoms with Crippen molar-refractivity contribution in [2.45, 2.75) is 37.4 Å². The Labute approximate surface area is 148 Å². The Morgan fingerprint density at radius 2 is 1.64 bits per heavy atom. The smallest absolute Gasteiger partial charge is 0.235 e. The highest BCUT2D eigenvalue weighted by Gasteiger charge is 2.35. The number of piperidine rings is 1. The van der Waals surface area contributed by atoms with Gasteiger partial charge in [-0.25, -0.2) is 8.42 Å². The lowest BCUT2D eigenvalue weighted by Crippen LogP contribution is -2.30. The van der Waals surface area contributed by atoms with E-state index in [1.54, 1.807) is 12.1 Å². The quantitative estimate of drug-likeness (QED) is 0.889. The fraction of sp³-hybridized carbons (Fsp3) is 0.444. The van der Waals surface area contributed by atoms with Crippen LogP contribution in [-0.2, 0) is 10.0 Å². The third kappa shape index (κ3) is 3.76. The molecule has 4 rings (SSSR count). The summed E-state index contributed by atoms with van der Waals surface area (Å²) in [5, 5.41) is 8.47. The number of rotatable bonds is 5. The maximum atomic E-state index is 12.0. The predicted molar refractivity (Wildman–Crippen MR) is 99.1 cm³/mol. The molecular weight excluding hydrogens is 336 g/mol. The predicted octanol–water partition coefficient (Wildman–Crippen LogP) is 3.04. The molecule has 0 spiro atoms. The Balaban J connectivity index is 1.46. The summed E-state index contributed by atoms with van der Waals surface area (Å²) in [6.45, 7) is 2.09. The van der Waals surface area contributed by atoms with Crippen LogP contribution in [0, 0.1) is 0 Å². The molecule has 0 radical (unpaired) electrons. The highest BCUT2D eigenvalue weighted by molar-refractivity contribution is 7.93. The molecule has 1 aromatic heterocycles. The first-order valence-corrected chi connectivity index (χ1v) is 10.4. The van der Waals surface area contributed by atoms with Gasteiger partial charge in [-0.15, -0.1) is 10.2 Å². The molecule has 2 aliphatic rings. The minimum atomic E-state index is -3.22. The molecule has 0 bridgehead atoms. The first-order valence-electron chi connectivity index (χ1n) is 8.82. The summed E-state index contributed by atoms with van der Waals surface area (Å²) in [5.74, 6) is 0.928. The van der Waals surface area contributed by atoms with Crippen LogP contribution in [0.5, 0.6) is 0 Å². The molecule has 0 atom stereocenters. The number of nitrogens with zero attached hydrogens (tertiary/aromatic N) is 3. The molecular formula is C18H22N4O2S. The number of aromatic nitrogens is 2. The molecule has 1 saturated carbocycles. The van der Waals surface area contributed by atoms with Crippen LogP contribution >= 0.6 is 0 Å². The van der Waals surface area contributed by atoms with Gasteiger partial charge in [-0.05, 0) is 56.4 Å². The lowest BCUT2D eigenvalue weighted by Gasteiger charge is -2.27. The van der Waals surface area contributed by atoms with E-state index in [0.29, 0.717) is 5.69 Å². The zero-order valence-electron chi connectivity index (χ0n) is 14.1. The number of hydrogen-bond donors (Lipinski definition) is 1. The van der Waals surface area contributed by atoms with Gasteiger partial charge >= 0.3 is 0 Å². The number of sulfonamides is 1. The van der Waals surface area contributed by atoms with Crippen molar-refractivity contribution in [3.8, 4) is 11.3 Å². The van der Waals surface area contributed by atoms with E-state index in [9.17, 15) is 8.42 Å². The van der Waals surface area contributed by atoms with Gasteiger partial charge in [-0.1, -0.05) is 12.1 Å². The van der Waals surface area contributed by atoms with Gasteiger partial charge in [-0.2, -0.15) is 0 Å². The van der Waals surface area contributed by atoms with Crippen molar-refractivity contribution < 1.29 is 8.42 Å².